The normalized spacial score (nSPS) is 11.9. The minimum Gasteiger partial charge on any atom is -0.483 e. The maximum atomic E-state index is 12.7. The number of aliphatic carboxylic acids is 1. The summed E-state index contributed by atoms with van der Waals surface area (Å²) in [6.45, 7) is 1.78. The van der Waals surface area contributed by atoms with Crippen LogP contribution in [0.3, 0.4) is 0 Å². The van der Waals surface area contributed by atoms with Crippen molar-refractivity contribution < 1.29 is 32.6 Å². The monoisotopic (exact) mass is 305 g/mol. The van der Waals surface area contributed by atoms with Gasteiger partial charge in [-0.05, 0) is 26.0 Å². The van der Waals surface area contributed by atoms with Crippen LogP contribution in [0.1, 0.15) is 19.4 Å². The van der Waals surface area contributed by atoms with E-state index in [1.807, 2.05) is 0 Å². The Hall–Kier alpha value is -2.25. The molecule has 0 radical (unpaired) electrons. The zero-order valence-corrected chi connectivity index (χ0v) is 11.3. The fourth-order valence-electron chi connectivity index (χ4n) is 1.41. The van der Waals surface area contributed by atoms with E-state index in [0.717, 1.165) is 12.1 Å². The fraction of sp³-hybridized carbons (Fsp3) is 0.385. The lowest BCUT2D eigenvalue weighted by atomic mass is 10.1. The molecule has 21 heavy (non-hydrogen) atoms. The van der Waals surface area contributed by atoms with E-state index in [9.17, 15) is 22.8 Å². The largest absolute Gasteiger partial charge is 0.483 e. The maximum absolute atomic E-state index is 12.7. The molecule has 1 rings (SSSR count). The van der Waals surface area contributed by atoms with Crippen molar-refractivity contribution in [1.82, 2.24) is 5.32 Å². The molecule has 0 bridgehead atoms. The van der Waals surface area contributed by atoms with Crippen molar-refractivity contribution in [1.29, 1.82) is 0 Å². The molecule has 0 unspecified atom stereocenters. The van der Waals surface area contributed by atoms with Gasteiger partial charge < -0.3 is 15.2 Å². The number of benzene rings is 1. The Labute approximate surface area is 118 Å². The molecule has 1 amide bonds. The highest BCUT2D eigenvalue weighted by atomic mass is 19.4. The summed E-state index contributed by atoms with van der Waals surface area (Å²) in [5.74, 6) is -2.60. The number of para-hydroxylation sites is 1. The number of carboxylic acid groups (broad SMARTS) is 1. The molecule has 0 spiro atoms. The Morgan fingerprint density at radius 1 is 1.24 bits per heavy atom. The van der Waals surface area contributed by atoms with Gasteiger partial charge in [0.1, 0.15) is 11.3 Å². The number of carboxylic acids is 1. The number of ether oxygens (including phenoxy) is 1. The molecule has 0 heterocycles. The van der Waals surface area contributed by atoms with Gasteiger partial charge in [0, 0.05) is 0 Å². The van der Waals surface area contributed by atoms with Gasteiger partial charge in [0.2, 0.25) is 0 Å². The molecule has 0 aromatic heterocycles. The molecule has 0 saturated carbocycles. The van der Waals surface area contributed by atoms with E-state index in [1.54, 1.807) is 0 Å². The van der Waals surface area contributed by atoms with Crippen molar-refractivity contribution in [2.75, 3.05) is 6.61 Å². The van der Waals surface area contributed by atoms with Gasteiger partial charge in [-0.25, -0.2) is 4.79 Å². The molecule has 0 fully saturated rings. The first-order valence-corrected chi connectivity index (χ1v) is 5.87. The van der Waals surface area contributed by atoms with Crippen molar-refractivity contribution >= 4 is 11.9 Å². The fourth-order valence-corrected chi connectivity index (χ4v) is 1.41. The van der Waals surface area contributed by atoms with Gasteiger partial charge in [-0.2, -0.15) is 13.2 Å². The number of alkyl halides is 3. The van der Waals surface area contributed by atoms with Gasteiger partial charge in [0.25, 0.3) is 5.91 Å². The highest BCUT2D eigenvalue weighted by Gasteiger charge is 2.34. The number of nitrogens with one attached hydrogen (secondary N) is 1. The van der Waals surface area contributed by atoms with E-state index in [0.29, 0.717) is 0 Å². The molecular weight excluding hydrogens is 291 g/mol. The lowest BCUT2D eigenvalue weighted by Gasteiger charge is -2.21. The molecular formula is C13H14F3NO4. The first-order valence-electron chi connectivity index (χ1n) is 5.87. The first-order chi connectivity index (χ1) is 9.54. The van der Waals surface area contributed by atoms with E-state index in [-0.39, 0.29) is 0 Å². The Morgan fingerprint density at radius 2 is 1.81 bits per heavy atom. The Balaban J connectivity index is 2.73. The lowest BCUT2D eigenvalue weighted by molar-refractivity contribution is -0.146. The predicted octanol–water partition coefficient (Wildman–Crippen LogP) is 2.06. The van der Waals surface area contributed by atoms with E-state index in [1.165, 1.54) is 26.0 Å². The summed E-state index contributed by atoms with van der Waals surface area (Å²) < 4.78 is 42.9. The molecule has 0 aliphatic rings. The van der Waals surface area contributed by atoms with E-state index in [4.69, 9.17) is 9.84 Å². The summed E-state index contributed by atoms with van der Waals surface area (Å²) in [6, 6.07) is 4.44. The SMILES string of the molecule is CC(C)(NC(=O)COc1ccccc1C(F)(F)F)C(=O)O. The number of rotatable bonds is 5. The summed E-state index contributed by atoms with van der Waals surface area (Å²) >= 11 is 0. The van der Waals surface area contributed by atoms with Gasteiger partial charge in [-0.15, -0.1) is 0 Å². The van der Waals surface area contributed by atoms with Crippen LogP contribution in [0.2, 0.25) is 0 Å². The second-order valence-electron chi connectivity index (χ2n) is 4.76. The van der Waals surface area contributed by atoms with E-state index in [2.05, 4.69) is 5.32 Å². The highest BCUT2D eigenvalue weighted by molar-refractivity contribution is 5.86. The smallest absolute Gasteiger partial charge is 0.419 e. The third-order valence-electron chi connectivity index (χ3n) is 2.54. The van der Waals surface area contributed by atoms with Crippen LogP contribution in [0.4, 0.5) is 13.2 Å². The number of carbonyl (C=O) groups excluding carboxylic acids is 1. The summed E-state index contributed by atoms with van der Waals surface area (Å²) in [5.41, 5.74) is -2.54. The summed E-state index contributed by atoms with van der Waals surface area (Å²) in [6.07, 6.45) is -4.60. The van der Waals surface area contributed by atoms with Crippen LogP contribution in [0, 0.1) is 0 Å². The number of hydrogen-bond donors (Lipinski definition) is 2. The van der Waals surface area contributed by atoms with Gasteiger partial charge in [0.05, 0.1) is 5.56 Å². The van der Waals surface area contributed by atoms with Crippen LogP contribution in [0.15, 0.2) is 24.3 Å². The second-order valence-corrected chi connectivity index (χ2v) is 4.76. The molecule has 8 heteroatoms. The minimum atomic E-state index is -4.60. The van der Waals surface area contributed by atoms with Crippen LogP contribution in [-0.2, 0) is 15.8 Å². The van der Waals surface area contributed by atoms with Crippen LogP contribution >= 0.6 is 0 Å². The van der Waals surface area contributed by atoms with Crippen LogP contribution < -0.4 is 10.1 Å². The lowest BCUT2D eigenvalue weighted by Crippen LogP contribution is -2.51. The quantitative estimate of drug-likeness (QED) is 0.873. The molecule has 0 saturated heterocycles. The van der Waals surface area contributed by atoms with Crippen LogP contribution in [0.25, 0.3) is 0 Å². The molecule has 2 N–H and O–H groups in total. The van der Waals surface area contributed by atoms with Crippen LogP contribution in [0.5, 0.6) is 5.75 Å². The molecule has 1 aromatic rings. The van der Waals surface area contributed by atoms with Crippen molar-refractivity contribution in [3.8, 4) is 5.75 Å². The molecule has 0 atom stereocenters. The van der Waals surface area contributed by atoms with Crippen molar-refractivity contribution in [3.05, 3.63) is 29.8 Å². The molecule has 1 aromatic carbocycles. The summed E-state index contributed by atoms with van der Waals surface area (Å²) in [4.78, 5) is 22.3. The standard InChI is InChI=1S/C13H14F3NO4/c1-12(2,11(19)20)17-10(18)7-21-9-6-4-3-5-8(9)13(14,15)16/h3-6H,7H2,1-2H3,(H,17,18)(H,19,20). The summed E-state index contributed by atoms with van der Waals surface area (Å²) in [5, 5.41) is 11.0. The predicted molar refractivity (Wildman–Crippen MR) is 66.8 cm³/mol. The zero-order valence-electron chi connectivity index (χ0n) is 11.3. The van der Waals surface area contributed by atoms with Gasteiger partial charge >= 0.3 is 12.1 Å². The van der Waals surface area contributed by atoms with E-state index >= 15 is 0 Å². The third-order valence-corrected chi connectivity index (χ3v) is 2.54. The molecule has 0 aliphatic heterocycles. The Morgan fingerprint density at radius 3 is 2.33 bits per heavy atom. The first kappa shape index (κ1) is 16.8. The number of halogens is 3. The van der Waals surface area contributed by atoms with Gasteiger partial charge in [0.15, 0.2) is 6.61 Å². The average Bonchev–Trinajstić information content (AvgIpc) is 2.35. The van der Waals surface area contributed by atoms with E-state index < -0.39 is 41.5 Å². The molecule has 5 nitrogen and oxygen atoms in total. The number of carbonyl (C=O) groups is 2. The van der Waals surface area contributed by atoms with Crippen LogP contribution in [-0.4, -0.2) is 29.1 Å². The highest BCUT2D eigenvalue weighted by Crippen LogP contribution is 2.35. The average molecular weight is 305 g/mol. The number of amides is 1. The van der Waals surface area contributed by atoms with Crippen molar-refractivity contribution in [2.24, 2.45) is 0 Å². The van der Waals surface area contributed by atoms with Gasteiger partial charge in [-0.3, -0.25) is 4.79 Å². The summed E-state index contributed by atoms with van der Waals surface area (Å²) in [7, 11) is 0. The Kier molecular flexibility index (Phi) is 4.82. The second kappa shape index (κ2) is 6.02. The molecule has 116 valence electrons. The maximum Gasteiger partial charge on any atom is 0.419 e. The topological polar surface area (TPSA) is 75.6 Å². The molecule has 0 aliphatic carbocycles. The van der Waals surface area contributed by atoms with Crippen molar-refractivity contribution in [2.45, 2.75) is 25.6 Å². The Bertz CT molecular complexity index is 540. The minimum absolute atomic E-state index is 0.492. The van der Waals surface area contributed by atoms with Crippen molar-refractivity contribution in [3.63, 3.8) is 0 Å². The zero-order chi connectivity index (χ0) is 16.3. The van der Waals surface area contributed by atoms with Gasteiger partial charge in [-0.1, -0.05) is 12.1 Å². The third kappa shape index (κ3) is 4.66. The number of hydrogen-bond acceptors (Lipinski definition) is 3.